The van der Waals surface area contributed by atoms with Gasteiger partial charge in [-0.2, -0.15) is 0 Å². The number of fused-ring (bicyclic) bond motifs is 1. The Kier molecular flexibility index (Phi) is 6.85. The molecule has 0 spiro atoms. The van der Waals surface area contributed by atoms with Crippen molar-refractivity contribution in [3.63, 3.8) is 0 Å². The zero-order valence-electron chi connectivity index (χ0n) is 18.7. The van der Waals surface area contributed by atoms with Crippen LogP contribution in [0.1, 0.15) is 43.7 Å². The Hall–Kier alpha value is -2.72. The lowest BCUT2D eigenvalue weighted by atomic mass is 9.96. The number of nitrogens with two attached hydrogens (primary N) is 1. The summed E-state index contributed by atoms with van der Waals surface area (Å²) in [4.78, 5) is 47.1. The van der Waals surface area contributed by atoms with Crippen molar-refractivity contribution < 1.29 is 9.59 Å². The molecule has 2 aromatic rings. The number of nitrogens with zero attached hydrogens (tertiary/aromatic N) is 4. The van der Waals surface area contributed by atoms with Crippen LogP contribution in [0.4, 0.5) is 5.82 Å². The predicted octanol–water partition coefficient (Wildman–Crippen LogP) is 2.71. The van der Waals surface area contributed by atoms with E-state index in [1.807, 2.05) is 17.9 Å². The number of thiocarbonyl (C=S) groups is 1. The van der Waals surface area contributed by atoms with E-state index < -0.39 is 0 Å². The van der Waals surface area contributed by atoms with E-state index >= 15 is 0 Å². The zero-order valence-corrected chi connectivity index (χ0v) is 20.4. The molecule has 33 heavy (non-hydrogen) atoms. The van der Waals surface area contributed by atoms with Gasteiger partial charge in [-0.25, -0.2) is 4.98 Å². The lowest BCUT2D eigenvalue weighted by Crippen LogP contribution is -2.40. The highest BCUT2D eigenvalue weighted by Gasteiger charge is 2.33. The first kappa shape index (κ1) is 23.4. The van der Waals surface area contributed by atoms with Gasteiger partial charge in [0.05, 0.1) is 10.5 Å². The molecule has 2 aromatic heterocycles. The Bertz CT molecular complexity index is 1210. The molecule has 4 heterocycles. The molecule has 0 bridgehead atoms. The van der Waals surface area contributed by atoms with E-state index in [4.69, 9.17) is 22.9 Å². The molecule has 0 unspecified atom stereocenters. The highest BCUT2D eigenvalue weighted by molar-refractivity contribution is 8.26. The lowest BCUT2D eigenvalue weighted by molar-refractivity contribution is -0.123. The molecule has 2 amide bonds. The molecule has 10 heteroatoms. The van der Waals surface area contributed by atoms with Gasteiger partial charge in [0.25, 0.3) is 11.5 Å². The van der Waals surface area contributed by atoms with Gasteiger partial charge in [-0.1, -0.05) is 43.4 Å². The number of aryl methyl sites for hydroxylation is 1. The normalized spacial score (nSPS) is 18.7. The predicted molar refractivity (Wildman–Crippen MR) is 135 cm³/mol. The number of pyridine rings is 1. The summed E-state index contributed by atoms with van der Waals surface area (Å²) in [5.74, 6) is -0.127. The second-order valence-corrected chi connectivity index (χ2v) is 10.1. The second kappa shape index (κ2) is 9.64. The summed E-state index contributed by atoms with van der Waals surface area (Å²) in [6.45, 7) is 5.65. The van der Waals surface area contributed by atoms with Crippen molar-refractivity contribution in [3.8, 4) is 0 Å². The van der Waals surface area contributed by atoms with Crippen molar-refractivity contribution in [1.29, 1.82) is 0 Å². The maximum absolute atomic E-state index is 13.6. The number of primary amides is 1. The van der Waals surface area contributed by atoms with Crippen LogP contribution in [0.25, 0.3) is 11.7 Å². The molecule has 0 atom stereocenters. The van der Waals surface area contributed by atoms with Crippen LogP contribution in [0.15, 0.2) is 28.0 Å². The lowest BCUT2D eigenvalue weighted by Gasteiger charge is -2.32. The molecule has 2 aliphatic heterocycles. The Morgan fingerprint density at radius 2 is 2.06 bits per heavy atom. The number of aromatic nitrogens is 2. The summed E-state index contributed by atoms with van der Waals surface area (Å²) in [6, 6.07) is 3.71. The summed E-state index contributed by atoms with van der Waals surface area (Å²) < 4.78 is 2.02. The highest BCUT2D eigenvalue weighted by Crippen LogP contribution is 2.34. The fourth-order valence-electron chi connectivity index (χ4n) is 4.18. The monoisotopic (exact) mass is 485 g/mol. The standard InChI is InChI=1S/C23H27N5O3S2/c1-3-4-9-28-22(31)17(33-23(28)32)13-16-20(26-11-7-15(8-12-26)18(24)29)25-19-14(2)6-5-10-27(19)21(16)30/h5-6,10,13,15H,3-4,7-9,11-12H2,1-2H3,(H2,24,29). The molecule has 2 N–H and O–H groups in total. The summed E-state index contributed by atoms with van der Waals surface area (Å²) >= 11 is 6.64. The molecule has 2 aliphatic rings. The molecule has 4 rings (SSSR count). The third-order valence-corrected chi connectivity index (χ3v) is 7.52. The number of carbonyl (C=O) groups excluding carboxylic acids is 2. The average molecular weight is 486 g/mol. The molecule has 174 valence electrons. The molecule has 2 fully saturated rings. The van der Waals surface area contributed by atoms with Gasteiger partial charge in [-0.05, 0) is 43.9 Å². The summed E-state index contributed by atoms with van der Waals surface area (Å²) in [6.07, 6.45) is 6.33. The molecular weight excluding hydrogens is 458 g/mol. The van der Waals surface area contributed by atoms with E-state index in [0.29, 0.717) is 58.7 Å². The van der Waals surface area contributed by atoms with Crippen LogP contribution in [-0.2, 0) is 9.59 Å². The van der Waals surface area contributed by atoms with Crippen LogP contribution in [0, 0.1) is 12.8 Å². The first-order valence-corrected chi connectivity index (χ1v) is 12.4. The van der Waals surface area contributed by atoms with Gasteiger partial charge in [0.2, 0.25) is 5.91 Å². The van der Waals surface area contributed by atoms with Gasteiger partial charge in [0, 0.05) is 31.7 Å². The Morgan fingerprint density at radius 3 is 2.73 bits per heavy atom. The number of amides is 2. The summed E-state index contributed by atoms with van der Waals surface area (Å²) in [7, 11) is 0. The van der Waals surface area contributed by atoms with Crippen molar-refractivity contribution in [2.75, 3.05) is 24.5 Å². The van der Waals surface area contributed by atoms with Crippen molar-refractivity contribution in [3.05, 3.63) is 44.7 Å². The van der Waals surface area contributed by atoms with Crippen molar-refractivity contribution >= 4 is 57.7 Å². The van der Waals surface area contributed by atoms with Gasteiger partial charge < -0.3 is 10.6 Å². The molecule has 2 saturated heterocycles. The van der Waals surface area contributed by atoms with Gasteiger partial charge in [-0.15, -0.1) is 0 Å². The van der Waals surface area contributed by atoms with E-state index in [1.54, 1.807) is 23.2 Å². The van der Waals surface area contributed by atoms with Crippen molar-refractivity contribution in [1.82, 2.24) is 14.3 Å². The molecule has 8 nitrogen and oxygen atoms in total. The SMILES string of the molecule is CCCCN1C(=O)C(=Cc2c(N3CCC(C(N)=O)CC3)nc3c(C)cccn3c2=O)SC1=S. The summed E-state index contributed by atoms with van der Waals surface area (Å²) in [5.41, 5.74) is 7.05. The number of hydrogen-bond acceptors (Lipinski definition) is 7. The fraction of sp³-hybridized carbons (Fsp3) is 0.435. The molecule has 0 radical (unpaired) electrons. The molecule has 0 aromatic carbocycles. The van der Waals surface area contributed by atoms with E-state index in [0.717, 1.165) is 18.4 Å². The third kappa shape index (κ3) is 4.54. The maximum Gasteiger partial charge on any atom is 0.267 e. The minimum atomic E-state index is -0.298. The van der Waals surface area contributed by atoms with Gasteiger partial charge in [0.1, 0.15) is 15.8 Å². The van der Waals surface area contributed by atoms with E-state index in [2.05, 4.69) is 6.92 Å². The van der Waals surface area contributed by atoms with Gasteiger partial charge in [0.15, 0.2) is 0 Å². The van der Waals surface area contributed by atoms with E-state index in [9.17, 15) is 14.4 Å². The van der Waals surface area contributed by atoms with Crippen LogP contribution in [0.2, 0.25) is 0 Å². The Morgan fingerprint density at radius 1 is 1.33 bits per heavy atom. The first-order valence-electron chi connectivity index (χ1n) is 11.1. The average Bonchev–Trinajstić information content (AvgIpc) is 3.06. The number of rotatable bonds is 6. The van der Waals surface area contributed by atoms with Crippen LogP contribution in [-0.4, -0.2) is 50.1 Å². The topological polar surface area (TPSA) is 101 Å². The Balaban J connectivity index is 1.79. The van der Waals surface area contributed by atoms with Crippen LogP contribution in [0.3, 0.4) is 0 Å². The Labute approximate surface area is 201 Å². The number of thioether (sulfide) groups is 1. The van der Waals surface area contributed by atoms with Gasteiger partial charge in [-0.3, -0.25) is 23.7 Å². The van der Waals surface area contributed by atoms with Crippen molar-refractivity contribution in [2.45, 2.75) is 39.5 Å². The van der Waals surface area contributed by atoms with Crippen LogP contribution >= 0.6 is 24.0 Å². The van der Waals surface area contributed by atoms with E-state index in [1.165, 1.54) is 16.2 Å². The smallest absolute Gasteiger partial charge is 0.267 e. The van der Waals surface area contributed by atoms with Crippen LogP contribution in [0.5, 0.6) is 0 Å². The summed E-state index contributed by atoms with van der Waals surface area (Å²) in [5, 5.41) is 0. The van der Waals surface area contributed by atoms with Crippen molar-refractivity contribution in [2.24, 2.45) is 11.7 Å². The largest absolute Gasteiger partial charge is 0.369 e. The fourth-order valence-corrected chi connectivity index (χ4v) is 5.47. The first-order chi connectivity index (χ1) is 15.8. The highest BCUT2D eigenvalue weighted by atomic mass is 32.2. The van der Waals surface area contributed by atoms with E-state index in [-0.39, 0.29) is 23.3 Å². The maximum atomic E-state index is 13.6. The molecule has 0 saturated carbocycles. The molecular formula is C23H27N5O3S2. The second-order valence-electron chi connectivity index (χ2n) is 8.39. The third-order valence-electron chi connectivity index (χ3n) is 6.15. The number of piperidine rings is 1. The molecule has 0 aliphatic carbocycles. The minimum absolute atomic E-state index is 0.175. The number of carbonyl (C=O) groups is 2. The van der Waals surface area contributed by atoms with Gasteiger partial charge >= 0.3 is 0 Å². The number of anilines is 1. The minimum Gasteiger partial charge on any atom is -0.369 e. The number of unbranched alkanes of at least 4 members (excludes halogenated alkanes) is 1. The quantitative estimate of drug-likeness (QED) is 0.496. The van der Waals surface area contributed by atoms with Crippen LogP contribution < -0.4 is 16.2 Å². The zero-order chi connectivity index (χ0) is 23.7. The number of hydrogen-bond donors (Lipinski definition) is 1.